The minimum atomic E-state index is 0.280. The predicted octanol–water partition coefficient (Wildman–Crippen LogP) is 4.95. The molecule has 5 rings (SSSR count). The smallest absolute Gasteiger partial charge is 0.227 e. The van der Waals surface area contributed by atoms with Crippen LogP contribution in [0.2, 0.25) is 0 Å². The van der Waals surface area contributed by atoms with Crippen molar-refractivity contribution in [2.75, 3.05) is 50.8 Å². The van der Waals surface area contributed by atoms with Crippen LogP contribution >= 0.6 is 0 Å². The number of carbonyl (C=O) groups is 1. The quantitative estimate of drug-likeness (QED) is 0.522. The van der Waals surface area contributed by atoms with Crippen molar-refractivity contribution in [2.45, 2.75) is 76.7 Å². The van der Waals surface area contributed by atoms with Gasteiger partial charge in [-0.2, -0.15) is 0 Å². The van der Waals surface area contributed by atoms with Gasteiger partial charge in [0.1, 0.15) is 5.75 Å². The molecule has 182 valence electrons. The van der Waals surface area contributed by atoms with Crippen LogP contribution in [0.3, 0.4) is 0 Å². The molecule has 3 heterocycles. The number of piperidine rings is 2. The molecule has 0 radical (unpaired) electrons. The minimum Gasteiger partial charge on any atom is -0.494 e. The van der Waals surface area contributed by atoms with Gasteiger partial charge in [0.05, 0.1) is 12.6 Å². The number of hydrogen-bond donors (Lipinski definition) is 0. The van der Waals surface area contributed by atoms with Crippen LogP contribution in [0, 0.1) is 11.8 Å². The van der Waals surface area contributed by atoms with Crippen LogP contribution in [-0.2, 0) is 4.79 Å². The van der Waals surface area contributed by atoms with Crippen molar-refractivity contribution in [3.8, 4) is 5.75 Å². The van der Waals surface area contributed by atoms with E-state index in [2.05, 4.69) is 26.8 Å². The van der Waals surface area contributed by atoms with Gasteiger partial charge in [0.15, 0.2) is 0 Å². The molecule has 0 aromatic heterocycles. The number of rotatable bonds is 8. The number of likely N-dealkylation sites (tertiary alicyclic amines) is 2. The summed E-state index contributed by atoms with van der Waals surface area (Å²) < 4.78 is 6.00. The molecule has 5 heteroatoms. The second kappa shape index (κ2) is 11.2. The van der Waals surface area contributed by atoms with Crippen LogP contribution in [0.15, 0.2) is 24.3 Å². The van der Waals surface area contributed by atoms with Crippen molar-refractivity contribution in [3.05, 3.63) is 24.3 Å². The first-order valence-electron chi connectivity index (χ1n) is 13.8. The molecule has 3 atom stereocenters. The van der Waals surface area contributed by atoms with Crippen molar-refractivity contribution in [1.82, 2.24) is 9.80 Å². The SMILES string of the molecule is O=C1CC[C@@H](CN2CC[C@H]3CCCC[C@@H]3C2)N1c1ccc(OCCCN2CCCCC2)cc1. The molecule has 1 aromatic rings. The number of ether oxygens (including phenoxy) is 1. The Morgan fingerprint density at radius 1 is 0.818 bits per heavy atom. The van der Waals surface area contributed by atoms with Gasteiger partial charge >= 0.3 is 0 Å². The number of fused-ring (bicyclic) bond motifs is 1. The summed E-state index contributed by atoms with van der Waals surface area (Å²) in [5.74, 6) is 3.05. The molecule has 5 nitrogen and oxygen atoms in total. The highest BCUT2D eigenvalue weighted by Gasteiger charge is 2.36. The number of benzene rings is 1. The lowest BCUT2D eigenvalue weighted by atomic mass is 9.75. The third-order valence-corrected chi connectivity index (χ3v) is 8.62. The van der Waals surface area contributed by atoms with Crippen LogP contribution in [0.5, 0.6) is 5.75 Å². The molecule has 0 unspecified atom stereocenters. The van der Waals surface area contributed by atoms with Gasteiger partial charge in [-0.05, 0) is 94.3 Å². The summed E-state index contributed by atoms with van der Waals surface area (Å²) in [6, 6.07) is 8.58. The van der Waals surface area contributed by atoms with E-state index in [1.54, 1.807) is 0 Å². The van der Waals surface area contributed by atoms with Gasteiger partial charge in [-0.1, -0.05) is 25.7 Å². The Morgan fingerprint density at radius 2 is 1.61 bits per heavy atom. The highest BCUT2D eigenvalue weighted by molar-refractivity contribution is 5.96. The summed E-state index contributed by atoms with van der Waals surface area (Å²) in [5.41, 5.74) is 1.04. The molecule has 1 amide bonds. The van der Waals surface area contributed by atoms with E-state index in [1.165, 1.54) is 77.5 Å². The maximum Gasteiger partial charge on any atom is 0.227 e. The summed E-state index contributed by atoms with van der Waals surface area (Å²) in [6.07, 6.45) is 13.9. The monoisotopic (exact) mass is 453 g/mol. The lowest BCUT2D eigenvalue weighted by Gasteiger charge is -2.42. The zero-order chi connectivity index (χ0) is 22.5. The Labute approximate surface area is 200 Å². The molecular formula is C28H43N3O2. The predicted molar refractivity (Wildman–Crippen MR) is 134 cm³/mol. The van der Waals surface area contributed by atoms with Gasteiger partial charge in [0, 0.05) is 31.7 Å². The van der Waals surface area contributed by atoms with Gasteiger partial charge in [-0.3, -0.25) is 4.79 Å². The van der Waals surface area contributed by atoms with E-state index in [0.717, 1.165) is 55.8 Å². The topological polar surface area (TPSA) is 36.0 Å². The maximum atomic E-state index is 12.8. The fraction of sp³-hybridized carbons (Fsp3) is 0.750. The van der Waals surface area contributed by atoms with E-state index < -0.39 is 0 Å². The Hall–Kier alpha value is -1.59. The van der Waals surface area contributed by atoms with E-state index in [4.69, 9.17) is 4.74 Å². The van der Waals surface area contributed by atoms with Crippen molar-refractivity contribution < 1.29 is 9.53 Å². The van der Waals surface area contributed by atoms with E-state index in [-0.39, 0.29) is 5.91 Å². The first-order valence-corrected chi connectivity index (χ1v) is 13.8. The van der Waals surface area contributed by atoms with Gasteiger partial charge in [-0.25, -0.2) is 0 Å². The molecular weight excluding hydrogens is 410 g/mol. The molecule has 3 saturated heterocycles. The summed E-state index contributed by atoms with van der Waals surface area (Å²) in [4.78, 5) is 20.1. The van der Waals surface area contributed by atoms with Gasteiger partial charge in [0.2, 0.25) is 5.91 Å². The van der Waals surface area contributed by atoms with Crippen molar-refractivity contribution >= 4 is 11.6 Å². The van der Waals surface area contributed by atoms with Crippen LogP contribution in [-0.4, -0.2) is 67.6 Å². The average molecular weight is 454 g/mol. The normalized spacial score (nSPS) is 29.3. The number of carbonyl (C=O) groups excluding carboxylic acids is 1. The van der Waals surface area contributed by atoms with Gasteiger partial charge in [0.25, 0.3) is 0 Å². The highest BCUT2D eigenvalue weighted by Crippen LogP contribution is 2.37. The number of hydrogen-bond acceptors (Lipinski definition) is 4. The standard InChI is InChI=1S/C28H43N3O2/c32-28-14-11-26(22-30-19-15-23-7-2-3-8-24(23)21-30)31(28)25-9-12-27(13-10-25)33-20-6-18-29-16-4-1-5-17-29/h9-10,12-13,23-24,26H,1-8,11,14-22H2/t23-,24-,26+/m1/s1. The molecule has 3 aliphatic heterocycles. The van der Waals surface area contributed by atoms with Crippen molar-refractivity contribution in [2.24, 2.45) is 11.8 Å². The van der Waals surface area contributed by atoms with Crippen LogP contribution in [0.4, 0.5) is 5.69 Å². The molecule has 4 aliphatic rings. The van der Waals surface area contributed by atoms with Crippen LogP contribution < -0.4 is 9.64 Å². The third-order valence-electron chi connectivity index (χ3n) is 8.62. The average Bonchev–Trinajstić information content (AvgIpc) is 3.22. The largest absolute Gasteiger partial charge is 0.494 e. The number of nitrogens with zero attached hydrogens (tertiary/aromatic N) is 3. The second-order valence-electron chi connectivity index (χ2n) is 10.9. The third kappa shape index (κ3) is 5.92. The number of amides is 1. The Bertz CT molecular complexity index is 761. The Morgan fingerprint density at radius 3 is 2.42 bits per heavy atom. The summed E-state index contributed by atoms with van der Waals surface area (Å²) in [6.45, 7) is 7.89. The Balaban J connectivity index is 1.11. The van der Waals surface area contributed by atoms with Crippen LogP contribution in [0.1, 0.15) is 70.6 Å². The molecule has 0 bridgehead atoms. The van der Waals surface area contributed by atoms with Gasteiger partial charge in [-0.15, -0.1) is 0 Å². The maximum absolute atomic E-state index is 12.8. The summed E-state index contributed by atoms with van der Waals surface area (Å²) >= 11 is 0. The zero-order valence-electron chi connectivity index (χ0n) is 20.4. The van der Waals surface area contributed by atoms with Gasteiger partial charge < -0.3 is 19.4 Å². The molecule has 1 saturated carbocycles. The van der Waals surface area contributed by atoms with E-state index in [9.17, 15) is 4.79 Å². The highest BCUT2D eigenvalue weighted by atomic mass is 16.5. The first kappa shape index (κ1) is 23.2. The molecule has 33 heavy (non-hydrogen) atoms. The van der Waals surface area contributed by atoms with Crippen LogP contribution in [0.25, 0.3) is 0 Å². The molecule has 0 spiro atoms. The number of anilines is 1. The lowest BCUT2D eigenvalue weighted by molar-refractivity contribution is -0.117. The van der Waals surface area contributed by atoms with Crippen molar-refractivity contribution in [3.63, 3.8) is 0 Å². The fourth-order valence-electron chi connectivity index (χ4n) is 6.78. The lowest BCUT2D eigenvalue weighted by Crippen LogP contribution is -2.48. The van der Waals surface area contributed by atoms with E-state index in [0.29, 0.717) is 12.5 Å². The summed E-state index contributed by atoms with van der Waals surface area (Å²) in [7, 11) is 0. The first-order chi connectivity index (χ1) is 16.3. The molecule has 1 aliphatic carbocycles. The van der Waals surface area contributed by atoms with E-state index in [1.807, 2.05) is 12.1 Å². The Kier molecular flexibility index (Phi) is 7.88. The fourth-order valence-corrected chi connectivity index (χ4v) is 6.78. The molecule has 0 N–H and O–H groups in total. The zero-order valence-corrected chi connectivity index (χ0v) is 20.4. The molecule has 1 aromatic carbocycles. The summed E-state index contributed by atoms with van der Waals surface area (Å²) in [5, 5.41) is 0. The second-order valence-corrected chi connectivity index (χ2v) is 10.9. The van der Waals surface area contributed by atoms with E-state index >= 15 is 0 Å². The minimum absolute atomic E-state index is 0.280. The van der Waals surface area contributed by atoms with Crippen molar-refractivity contribution in [1.29, 1.82) is 0 Å². The molecule has 4 fully saturated rings.